The van der Waals surface area contributed by atoms with Gasteiger partial charge in [0.1, 0.15) is 16.4 Å². The Balaban J connectivity index is 1.51. The molecule has 0 radical (unpaired) electrons. The van der Waals surface area contributed by atoms with Gasteiger partial charge < -0.3 is 30.2 Å². The predicted molar refractivity (Wildman–Crippen MR) is 144 cm³/mol. The molecule has 4 rings (SSSR count). The largest absolute Gasteiger partial charge is 0.464 e. The monoisotopic (exact) mass is 564 g/mol. The van der Waals surface area contributed by atoms with Crippen molar-refractivity contribution >= 4 is 47.1 Å². The number of hydrogen-bond acceptors (Lipinski definition) is 11. The van der Waals surface area contributed by atoms with Crippen molar-refractivity contribution in [2.24, 2.45) is 5.41 Å². The number of halogens is 1. The Kier molecular flexibility index (Phi) is 8.24. The molecule has 2 saturated heterocycles. The van der Waals surface area contributed by atoms with Crippen LogP contribution in [0.25, 0.3) is 0 Å². The first-order valence-corrected chi connectivity index (χ1v) is 13.5. The fourth-order valence-electron chi connectivity index (χ4n) is 4.82. The highest BCUT2D eigenvalue weighted by Gasteiger charge is 2.51. The first-order valence-electron chi connectivity index (χ1n) is 12.3. The lowest BCUT2D eigenvalue weighted by Gasteiger charge is -2.43. The van der Waals surface area contributed by atoms with E-state index in [2.05, 4.69) is 20.3 Å². The highest BCUT2D eigenvalue weighted by Crippen LogP contribution is 2.43. The van der Waals surface area contributed by atoms with E-state index in [0.29, 0.717) is 40.5 Å². The second-order valence-electron chi connectivity index (χ2n) is 10.5. The maximum absolute atomic E-state index is 12.7. The molecule has 206 valence electrons. The summed E-state index contributed by atoms with van der Waals surface area (Å²) in [7, 11) is 1.31. The summed E-state index contributed by atoms with van der Waals surface area (Å²) < 4.78 is 16.5. The summed E-state index contributed by atoms with van der Waals surface area (Å²) in [6.07, 6.45) is 3.99. The van der Waals surface area contributed by atoms with Crippen LogP contribution in [0.15, 0.2) is 28.4 Å². The fourth-order valence-corrected chi connectivity index (χ4v) is 5.84. The highest BCUT2D eigenvalue weighted by molar-refractivity contribution is 7.99. The molecule has 2 aliphatic heterocycles. The molecule has 11 nitrogen and oxygen atoms in total. The summed E-state index contributed by atoms with van der Waals surface area (Å²) >= 11 is 7.50. The third-order valence-electron chi connectivity index (χ3n) is 6.70. The number of carbonyl (C=O) groups is 2. The van der Waals surface area contributed by atoms with Crippen LogP contribution in [0.4, 0.5) is 16.4 Å². The zero-order valence-corrected chi connectivity index (χ0v) is 23.7. The van der Waals surface area contributed by atoms with Gasteiger partial charge in [0.25, 0.3) is 0 Å². The summed E-state index contributed by atoms with van der Waals surface area (Å²) in [4.78, 5) is 41.0. The number of nitrogens with two attached hydrogens (primary N) is 1. The molecule has 2 fully saturated rings. The molecular weight excluding hydrogens is 532 g/mol. The van der Waals surface area contributed by atoms with E-state index >= 15 is 0 Å². The number of anilines is 2. The van der Waals surface area contributed by atoms with Gasteiger partial charge in [-0.15, -0.1) is 0 Å². The molecule has 1 amide bonds. The molecule has 3 N–H and O–H groups in total. The molecule has 0 saturated carbocycles. The van der Waals surface area contributed by atoms with Crippen molar-refractivity contribution in [2.75, 3.05) is 37.4 Å². The second-order valence-corrected chi connectivity index (χ2v) is 11.9. The summed E-state index contributed by atoms with van der Waals surface area (Å²) in [5.74, 6) is 0.0687. The number of alkyl carbamates (subject to hydrolysis) is 1. The number of ether oxygens (including phenoxy) is 3. The van der Waals surface area contributed by atoms with Gasteiger partial charge in [-0.1, -0.05) is 23.4 Å². The number of nitrogen functional groups attached to an aromatic ring is 1. The van der Waals surface area contributed by atoms with Gasteiger partial charge in [0, 0.05) is 29.6 Å². The summed E-state index contributed by atoms with van der Waals surface area (Å²) in [6.45, 7) is 9.19. The Morgan fingerprint density at radius 3 is 2.66 bits per heavy atom. The molecular formula is C25H33ClN6O5S. The van der Waals surface area contributed by atoms with Crippen LogP contribution in [0.3, 0.4) is 0 Å². The van der Waals surface area contributed by atoms with Crippen LogP contribution in [0.1, 0.15) is 51.0 Å². The molecule has 0 bridgehead atoms. The van der Waals surface area contributed by atoms with Crippen LogP contribution in [0.5, 0.6) is 0 Å². The lowest BCUT2D eigenvalue weighted by Crippen LogP contribution is -2.55. The smallest absolute Gasteiger partial charge is 0.407 e. The molecule has 13 heteroatoms. The maximum Gasteiger partial charge on any atom is 0.407 e. The summed E-state index contributed by atoms with van der Waals surface area (Å²) in [5.41, 5.74) is 5.08. The van der Waals surface area contributed by atoms with Gasteiger partial charge >= 0.3 is 12.1 Å². The average Bonchev–Trinajstić information content (AvgIpc) is 3.15. The van der Waals surface area contributed by atoms with Crippen molar-refractivity contribution < 1.29 is 23.8 Å². The number of methoxy groups -OCH3 is 1. The van der Waals surface area contributed by atoms with E-state index in [1.807, 2.05) is 32.6 Å². The Bertz CT molecular complexity index is 1200. The Hall–Kier alpha value is -2.83. The van der Waals surface area contributed by atoms with Crippen LogP contribution >= 0.6 is 23.4 Å². The molecule has 38 heavy (non-hydrogen) atoms. The number of carbonyl (C=O) groups excluding carboxylic acids is 2. The molecule has 0 unspecified atom stereocenters. The lowest BCUT2D eigenvalue weighted by molar-refractivity contribution is 0.0433. The van der Waals surface area contributed by atoms with Crippen molar-refractivity contribution in [2.45, 2.75) is 68.2 Å². The van der Waals surface area contributed by atoms with Crippen LogP contribution in [-0.2, 0) is 14.2 Å². The van der Waals surface area contributed by atoms with Crippen molar-refractivity contribution in [1.29, 1.82) is 0 Å². The molecule has 2 aliphatic rings. The minimum Gasteiger partial charge on any atom is -0.464 e. The van der Waals surface area contributed by atoms with Crippen LogP contribution in [0, 0.1) is 5.41 Å². The van der Waals surface area contributed by atoms with E-state index in [1.165, 1.54) is 18.9 Å². The van der Waals surface area contributed by atoms with Crippen LogP contribution < -0.4 is 16.0 Å². The van der Waals surface area contributed by atoms with Gasteiger partial charge in [-0.05, 0) is 46.6 Å². The van der Waals surface area contributed by atoms with E-state index in [4.69, 9.17) is 31.5 Å². The van der Waals surface area contributed by atoms with Gasteiger partial charge in [0.05, 0.1) is 37.1 Å². The zero-order valence-electron chi connectivity index (χ0n) is 22.1. The van der Waals surface area contributed by atoms with E-state index in [1.54, 1.807) is 18.5 Å². The minimum absolute atomic E-state index is 0.117. The molecule has 2 aromatic rings. The van der Waals surface area contributed by atoms with Crippen molar-refractivity contribution in [3.05, 3.63) is 29.2 Å². The van der Waals surface area contributed by atoms with Crippen molar-refractivity contribution in [3.8, 4) is 0 Å². The Morgan fingerprint density at radius 2 is 2.00 bits per heavy atom. The number of hydrogen-bond donors (Lipinski definition) is 2. The zero-order chi connectivity index (χ0) is 27.7. The lowest BCUT2D eigenvalue weighted by atomic mass is 9.73. The standard InChI is InChI=1S/C25H33ClN6O5S/c1-14-19(31-23(34)37-24(2,3)4)25(13-36-14)7-10-32(11-8-25)21-18(22(33)35-5)30-16(12-29-21)38-15-6-9-28-20(27)17(15)26/h6,9,12,14,19H,7-8,10-11,13H2,1-5H3,(H2,27,28)(H,31,34)/t14-,19+/m0/s1. The normalized spacial score (nSPS) is 20.8. The highest BCUT2D eigenvalue weighted by atomic mass is 35.5. The van der Waals surface area contributed by atoms with Gasteiger partial charge in [-0.25, -0.2) is 24.5 Å². The number of pyridine rings is 1. The van der Waals surface area contributed by atoms with E-state index in [-0.39, 0.29) is 29.1 Å². The van der Waals surface area contributed by atoms with Gasteiger partial charge in [-0.2, -0.15) is 0 Å². The molecule has 1 spiro atoms. The summed E-state index contributed by atoms with van der Waals surface area (Å²) in [5, 5.41) is 3.82. The van der Waals surface area contributed by atoms with E-state index in [9.17, 15) is 9.59 Å². The van der Waals surface area contributed by atoms with Gasteiger partial charge in [0.2, 0.25) is 0 Å². The number of amides is 1. The SMILES string of the molecule is COC(=O)c1nc(Sc2ccnc(N)c2Cl)cnc1N1CCC2(CC1)CO[C@@H](C)[C@H]2NC(=O)OC(C)(C)C. The molecule has 2 atom stereocenters. The number of esters is 1. The first kappa shape index (κ1) is 28.2. The molecule has 4 heterocycles. The number of aromatic nitrogens is 3. The second kappa shape index (κ2) is 11.1. The van der Waals surface area contributed by atoms with Crippen LogP contribution in [0.2, 0.25) is 5.02 Å². The molecule has 0 aliphatic carbocycles. The number of rotatable bonds is 5. The quantitative estimate of drug-likeness (QED) is 0.510. The molecule has 0 aromatic carbocycles. The van der Waals surface area contributed by atoms with Crippen LogP contribution in [-0.4, -0.2) is 71.6 Å². The summed E-state index contributed by atoms with van der Waals surface area (Å²) in [6, 6.07) is 1.52. The van der Waals surface area contributed by atoms with E-state index in [0.717, 1.165) is 12.8 Å². The molecule has 2 aromatic heterocycles. The van der Waals surface area contributed by atoms with Gasteiger partial charge in [-0.3, -0.25) is 0 Å². The van der Waals surface area contributed by atoms with Crippen molar-refractivity contribution in [3.63, 3.8) is 0 Å². The third kappa shape index (κ3) is 6.08. The van der Waals surface area contributed by atoms with E-state index < -0.39 is 17.7 Å². The van der Waals surface area contributed by atoms with Gasteiger partial charge in [0.15, 0.2) is 11.5 Å². The Labute approximate surface area is 231 Å². The number of nitrogens with one attached hydrogen (secondary N) is 1. The Morgan fingerprint density at radius 1 is 1.29 bits per heavy atom. The fraction of sp³-hybridized carbons (Fsp3) is 0.560. The van der Waals surface area contributed by atoms with Crippen molar-refractivity contribution in [1.82, 2.24) is 20.3 Å². The maximum atomic E-state index is 12.7. The topological polar surface area (TPSA) is 142 Å². The predicted octanol–water partition coefficient (Wildman–Crippen LogP) is 3.94. The number of piperidine rings is 1. The third-order valence-corrected chi connectivity index (χ3v) is 8.17. The average molecular weight is 565 g/mol. The minimum atomic E-state index is -0.591. The first-order chi connectivity index (χ1) is 17.9. The number of nitrogens with zero attached hydrogens (tertiary/aromatic N) is 4.